The Morgan fingerprint density at radius 3 is 2.82 bits per heavy atom. The molecule has 2 aromatic rings. The first-order valence-electron chi connectivity index (χ1n) is 4.65. The van der Waals surface area contributed by atoms with Gasteiger partial charge in [-0.15, -0.1) is 0 Å². The van der Waals surface area contributed by atoms with Crippen molar-refractivity contribution in [2.75, 3.05) is 7.11 Å². The van der Waals surface area contributed by atoms with Gasteiger partial charge in [-0.25, -0.2) is 9.18 Å². The zero-order chi connectivity index (χ0) is 12.4. The maximum atomic E-state index is 13.2. The number of methoxy groups -OCH3 is 1. The summed E-state index contributed by atoms with van der Waals surface area (Å²) in [5.74, 6) is -1.93. The molecular weight excluding hydrogens is 229 g/mol. The fourth-order valence-electron chi connectivity index (χ4n) is 1.33. The molecule has 6 heteroatoms. The molecule has 0 atom stereocenters. The Morgan fingerprint density at radius 2 is 2.24 bits per heavy atom. The number of carboxylic acid groups (broad SMARTS) is 1. The van der Waals surface area contributed by atoms with Crippen LogP contribution in [0.5, 0.6) is 5.75 Å². The van der Waals surface area contributed by atoms with Crippen molar-refractivity contribution in [2.24, 2.45) is 0 Å². The Morgan fingerprint density at radius 1 is 1.47 bits per heavy atom. The first-order chi connectivity index (χ1) is 8.11. The van der Waals surface area contributed by atoms with Crippen LogP contribution in [0.1, 0.15) is 10.6 Å². The summed E-state index contributed by atoms with van der Waals surface area (Å²) in [7, 11) is 1.34. The Bertz CT molecular complexity index is 564. The molecule has 0 bridgehead atoms. The van der Waals surface area contributed by atoms with Crippen LogP contribution in [0.15, 0.2) is 28.8 Å². The molecule has 0 aliphatic heterocycles. The molecule has 88 valence electrons. The highest BCUT2D eigenvalue weighted by Gasteiger charge is 2.13. The molecule has 0 unspecified atom stereocenters. The monoisotopic (exact) mass is 237 g/mol. The van der Waals surface area contributed by atoms with Gasteiger partial charge in [0.05, 0.1) is 7.11 Å². The number of benzene rings is 1. The van der Waals surface area contributed by atoms with Gasteiger partial charge in [-0.2, -0.15) is 0 Å². The van der Waals surface area contributed by atoms with Crippen LogP contribution in [0, 0.1) is 5.82 Å². The van der Waals surface area contributed by atoms with Crippen LogP contribution in [-0.2, 0) is 0 Å². The van der Waals surface area contributed by atoms with E-state index in [-0.39, 0.29) is 11.5 Å². The van der Waals surface area contributed by atoms with Crippen LogP contribution in [0.25, 0.3) is 11.3 Å². The van der Waals surface area contributed by atoms with Crippen molar-refractivity contribution in [3.8, 4) is 17.0 Å². The fourth-order valence-corrected chi connectivity index (χ4v) is 1.33. The van der Waals surface area contributed by atoms with Crippen molar-refractivity contribution in [1.29, 1.82) is 0 Å². The lowest BCUT2D eigenvalue weighted by molar-refractivity contribution is 0.0652. The minimum Gasteiger partial charge on any atom is -0.494 e. The summed E-state index contributed by atoms with van der Waals surface area (Å²) in [6, 6.07) is 5.35. The lowest BCUT2D eigenvalue weighted by Gasteiger charge is -2.02. The molecule has 17 heavy (non-hydrogen) atoms. The first-order valence-corrected chi connectivity index (χ1v) is 4.65. The van der Waals surface area contributed by atoms with Gasteiger partial charge in [-0.1, -0.05) is 5.16 Å². The van der Waals surface area contributed by atoms with E-state index in [9.17, 15) is 9.18 Å². The average molecular weight is 237 g/mol. The highest BCUT2D eigenvalue weighted by Crippen LogP contribution is 2.25. The van der Waals surface area contributed by atoms with Crippen molar-refractivity contribution in [3.63, 3.8) is 0 Å². The number of aromatic carboxylic acids is 1. The standard InChI is InChI=1S/C11H8FNO4/c1-16-9-4-6(2-3-7(9)12)8-5-10(11(14)15)17-13-8/h2-5H,1H3,(H,14,15). The summed E-state index contributed by atoms with van der Waals surface area (Å²) in [5, 5.41) is 12.3. The number of rotatable bonds is 3. The minimum atomic E-state index is -1.21. The second-order valence-electron chi connectivity index (χ2n) is 3.23. The number of nitrogens with zero attached hydrogens (tertiary/aromatic N) is 1. The zero-order valence-electron chi connectivity index (χ0n) is 8.81. The third-order valence-corrected chi connectivity index (χ3v) is 2.17. The number of carboxylic acids is 1. The normalized spacial score (nSPS) is 10.2. The van der Waals surface area contributed by atoms with Crippen molar-refractivity contribution >= 4 is 5.97 Å². The van der Waals surface area contributed by atoms with Gasteiger partial charge in [0.2, 0.25) is 5.76 Å². The van der Waals surface area contributed by atoms with Gasteiger partial charge in [-0.3, -0.25) is 0 Å². The summed E-state index contributed by atoms with van der Waals surface area (Å²) in [5.41, 5.74) is 0.820. The smallest absolute Gasteiger partial charge is 0.374 e. The number of aromatic nitrogens is 1. The molecule has 0 amide bonds. The van der Waals surface area contributed by atoms with Gasteiger partial charge >= 0.3 is 5.97 Å². The number of hydrogen-bond donors (Lipinski definition) is 1. The third kappa shape index (κ3) is 2.10. The summed E-state index contributed by atoms with van der Waals surface area (Å²) in [4.78, 5) is 10.6. The van der Waals surface area contributed by atoms with E-state index in [1.807, 2.05) is 0 Å². The van der Waals surface area contributed by atoms with E-state index in [0.29, 0.717) is 11.3 Å². The highest BCUT2D eigenvalue weighted by molar-refractivity contribution is 5.85. The van der Waals surface area contributed by atoms with E-state index in [0.717, 1.165) is 0 Å². The van der Waals surface area contributed by atoms with Gasteiger partial charge in [0, 0.05) is 11.6 Å². The Labute approximate surface area is 95.4 Å². The van der Waals surface area contributed by atoms with Crippen molar-refractivity contribution < 1.29 is 23.6 Å². The molecule has 0 fully saturated rings. The largest absolute Gasteiger partial charge is 0.494 e. The SMILES string of the molecule is COc1cc(-c2cc(C(=O)O)on2)ccc1F. The molecule has 2 rings (SSSR count). The molecule has 1 aromatic carbocycles. The maximum absolute atomic E-state index is 13.2. The Kier molecular flexibility index (Phi) is 2.78. The fraction of sp³-hybridized carbons (Fsp3) is 0.0909. The summed E-state index contributed by atoms with van der Waals surface area (Å²) in [6.07, 6.45) is 0. The topological polar surface area (TPSA) is 72.6 Å². The van der Waals surface area contributed by atoms with E-state index in [2.05, 4.69) is 9.68 Å². The van der Waals surface area contributed by atoms with Crippen LogP contribution in [-0.4, -0.2) is 23.3 Å². The van der Waals surface area contributed by atoms with Gasteiger partial charge in [0.1, 0.15) is 5.69 Å². The molecule has 0 saturated heterocycles. The highest BCUT2D eigenvalue weighted by atomic mass is 19.1. The van der Waals surface area contributed by atoms with Crippen molar-refractivity contribution in [1.82, 2.24) is 5.16 Å². The van der Waals surface area contributed by atoms with Crippen LogP contribution in [0.3, 0.4) is 0 Å². The Hall–Kier alpha value is -2.37. The van der Waals surface area contributed by atoms with Crippen LogP contribution in [0.2, 0.25) is 0 Å². The molecule has 0 saturated carbocycles. The first kappa shape index (κ1) is 11.1. The maximum Gasteiger partial charge on any atom is 0.374 e. The number of carbonyl (C=O) groups is 1. The summed E-state index contributed by atoms with van der Waals surface area (Å²) in [6.45, 7) is 0. The van der Waals surface area contributed by atoms with Gasteiger partial charge in [0.15, 0.2) is 11.6 Å². The molecule has 0 spiro atoms. The lowest BCUT2D eigenvalue weighted by atomic mass is 10.1. The second-order valence-corrected chi connectivity index (χ2v) is 3.23. The second kappa shape index (κ2) is 4.25. The summed E-state index contributed by atoms with van der Waals surface area (Å²) >= 11 is 0. The van der Waals surface area contributed by atoms with Gasteiger partial charge in [0.25, 0.3) is 0 Å². The van der Waals surface area contributed by atoms with E-state index < -0.39 is 11.8 Å². The van der Waals surface area contributed by atoms with Crippen LogP contribution < -0.4 is 4.74 Å². The molecule has 5 nitrogen and oxygen atoms in total. The number of hydrogen-bond acceptors (Lipinski definition) is 4. The number of ether oxygens (including phenoxy) is 1. The van der Waals surface area contributed by atoms with Crippen LogP contribution in [0.4, 0.5) is 4.39 Å². The van der Waals surface area contributed by atoms with E-state index >= 15 is 0 Å². The average Bonchev–Trinajstić information content (AvgIpc) is 2.79. The molecule has 1 N–H and O–H groups in total. The predicted molar refractivity (Wildman–Crippen MR) is 55.4 cm³/mol. The predicted octanol–water partition coefficient (Wildman–Crippen LogP) is 2.19. The van der Waals surface area contributed by atoms with Crippen molar-refractivity contribution in [2.45, 2.75) is 0 Å². The summed E-state index contributed by atoms with van der Waals surface area (Å²) < 4.78 is 22.6. The molecule has 1 heterocycles. The molecule has 0 aliphatic rings. The Balaban J connectivity index is 2.42. The molecule has 0 aliphatic carbocycles. The molecule has 0 radical (unpaired) electrons. The molecule has 1 aromatic heterocycles. The third-order valence-electron chi connectivity index (χ3n) is 2.17. The van der Waals surface area contributed by atoms with Gasteiger partial charge in [-0.05, 0) is 18.2 Å². The van der Waals surface area contributed by atoms with Crippen LogP contribution >= 0.6 is 0 Å². The number of halogens is 1. The minimum absolute atomic E-state index is 0.0578. The van der Waals surface area contributed by atoms with Gasteiger partial charge < -0.3 is 14.4 Å². The van der Waals surface area contributed by atoms with E-state index in [4.69, 9.17) is 9.84 Å². The van der Waals surface area contributed by atoms with E-state index in [1.165, 1.54) is 31.4 Å². The van der Waals surface area contributed by atoms with E-state index in [1.54, 1.807) is 0 Å². The lowest BCUT2D eigenvalue weighted by Crippen LogP contribution is -1.91. The molecular formula is C11H8FNO4. The van der Waals surface area contributed by atoms with Crippen molar-refractivity contribution in [3.05, 3.63) is 35.8 Å². The zero-order valence-corrected chi connectivity index (χ0v) is 8.81. The quantitative estimate of drug-likeness (QED) is 0.885.